The fourth-order valence-electron chi connectivity index (χ4n) is 4.57. The average molecular weight is 551 g/mol. The van der Waals surface area contributed by atoms with Crippen molar-refractivity contribution in [3.05, 3.63) is 40.0 Å². The number of rotatable bonds is 6. The first-order valence-corrected chi connectivity index (χ1v) is 13.7. The van der Waals surface area contributed by atoms with Crippen molar-refractivity contribution in [3.8, 4) is 11.3 Å². The van der Waals surface area contributed by atoms with E-state index in [1.54, 1.807) is 11.0 Å². The predicted molar refractivity (Wildman–Crippen MR) is 149 cm³/mol. The Kier molecular flexibility index (Phi) is 11.5. The Labute approximate surface area is 228 Å². The summed E-state index contributed by atoms with van der Waals surface area (Å²) in [4.78, 5) is 29.3. The number of aromatic amines is 1. The Morgan fingerprint density at radius 1 is 1.05 bits per heavy atom. The summed E-state index contributed by atoms with van der Waals surface area (Å²) in [5.74, 6) is -0.457. The summed E-state index contributed by atoms with van der Waals surface area (Å²) in [5.41, 5.74) is 12.9. The Morgan fingerprint density at radius 2 is 1.68 bits per heavy atom. The monoisotopic (exact) mass is 549 g/mol. The number of nitrogens with two attached hydrogens (primary N) is 2. The van der Waals surface area contributed by atoms with Gasteiger partial charge >= 0.3 is 0 Å². The minimum Gasteiger partial charge on any atom is -0.370 e. The summed E-state index contributed by atoms with van der Waals surface area (Å²) >= 11 is 12.4. The van der Waals surface area contributed by atoms with E-state index in [0.29, 0.717) is 23.1 Å². The lowest BCUT2D eigenvalue weighted by atomic mass is 9.93. The van der Waals surface area contributed by atoms with Crippen LogP contribution in [0.1, 0.15) is 69.4 Å². The largest absolute Gasteiger partial charge is 0.370 e. The van der Waals surface area contributed by atoms with E-state index in [9.17, 15) is 9.59 Å². The molecule has 1 saturated heterocycles. The third-order valence-electron chi connectivity index (χ3n) is 6.70. The van der Waals surface area contributed by atoms with E-state index in [0.717, 1.165) is 29.8 Å². The van der Waals surface area contributed by atoms with Crippen LogP contribution in [-0.2, 0) is 9.59 Å². The maximum absolute atomic E-state index is 12.3. The molecule has 6 N–H and O–H groups in total. The van der Waals surface area contributed by atoms with Gasteiger partial charge in [-0.2, -0.15) is 5.10 Å². The molecule has 0 spiro atoms. The van der Waals surface area contributed by atoms with Gasteiger partial charge in [0.15, 0.2) is 5.96 Å². The third-order valence-corrected chi connectivity index (χ3v) is 7.52. The van der Waals surface area contributed by atoms with E-state index in [2.05, 4.69) is 20.5 Å². The third kappa shape index (κ3) is 9.23. The van der Waals surface area contributed by atoms with Gasteiger partial charge in [-0.05, 0) is 25.0 Å². The number of H-pyrrole nitrogens is 1. The first kappa shape index (κ1) is 28.8. The van der Waals surface area contributed by atoms with Gasteiger partial charge in [0.2, 0.25) is 11.8 Å². The molecular formula is C26H37Cl2N7O2. The second kappa shape index (κ2) is 14.8. The van der Waals surface area contributed by atoms with Crippen LogP contribution >= 0.6 is 23.2 Å². The van der Waals surface area contributed by atoms with Crippen molar-refractivity contribution in [2.24, 2.45) is 16.5 Å². The highest BCUT2D eigenvalue weighted by Gasteiger charge is 2.25. The van der Waals surface area contributed by atoms with Gasteiger partial charge in [-0.25, -0.2) is 4.99 Å². The number of likely N-dealkylation sites (tertiary alicyclic amines) is 1. The van der Waals surface area contributed by atoms with E-state index >= 15 is 0 Å². The Balaban J connectivity index is 0.000000468. The lowest BCUT2D eigenvalue weighted by Crippen LogP contribution is -2.44. The highest BCUT2D eigenvalue weighted by atomic mass is 35.5. The van der Waals surface area contributed by atoms with Gasteiger partial charge in [-0.3, -0.25) is 14.7 Å². The van der Waals surface area contributed by atoms with Gasteiger partial charge in [-0.1, -0.05) is 80.3 Å². The van der Waals surface area contributed by atoms with Crippen LogP contribution in [0.15, 0.2) is 29.3 Å². The maximum Gasteiger partial charge on any atom is 0.242 e. The van der Waals surface area contributed by atoms with Gasteiger partial charge in [0, 0.05) is 30.3 Å². The Hall–Kier alpha value is -2.78. The van der Waals surface area contributed by atoms with E-state index < -0.39 is 5.91 Å². The molecule has 1 saturated carbocycles. The number of aliphatic imine (C=N–C) groups is 1. The summed E-state index contributed by atoms with van der Waals surface area (Å²) in [6.45, 7) is 0.917. The van der Waals surface area contributed by atoms with Gasteiger partial charge < -0.3 is 21.7 Å². The molecule has 0 radical (unpaired) electrons. The second-order valence-corrected chi connectivity index (χ2v) is 10.2. The van der Waals surface area contributed by atoms with Crippen LogP contribution in [0.5, 0.6) is 0 Å². The molecular weight excluding hydrogens is 513 g/mol. The molecule has 37 heavy (non-hydrogen) atoms. The fraction of sp³-hybridized carbons (Fsp3) is 0.538. The van der Waals surface area contributed by atoms with Crippen molar-refractivity contribution in [2.75, 3.05) is 26.2 Å². The molecule has 0 unspecified atom stereocenters. The van der Waals surface area contributed by atoms with Gasteiger partial charge in [-0.15, -0.1) is 0 Å². The number of nitrogens with zero attached hydrogens (tertiary/aromatic N) is 3. The van der Waals surface area contributed by atoms with Crippen LogP contribution < -0.4 is 16.8 Å². The zero-order chi connectivity index (χ0) is 26.6. The minimum atomic E-state index is -0.406. The highest BCUT2D eigenvalue weighted by molar-refractivity contribution is 6.43. The molecule has 9 nitrogen and oxygen atoms in total. The van der Waals surface area contributed by atoms with Crippen molar-refractivity contribution < 1.29 is 9.59 Å². The molecule has 1 aromatic carbocycles. The SMILES string of the molecule is C1CCCCCC1.NC(N)=NCC(=O)NCC(=O)N1CCC(c2cc(-c3cccc(Cl)c3Cl)n[nH]2)CC1. The molecule has 1 aliphatic carbocycles. The number of carbonyl (C=O) groups is 2. The van der Waals surface area contributed by atoms with Crippen LogP contribution in [0.2, 0.25) is 10.0 Å². The van der Waals surface area contributed by atoms with E-state index in [1.807, 2.05) is 18.2 Å². The molecule has 202 valence electrons. The first-order valence-electron chi connectivity index (χ1n) is 12.9. The Bertz CT molecular complexity index is 1040. The van der Waals surface area contributed by atoms with E-state index in [1.165, 1.54) is 44.9 Å². The van der Waals surface area contributed by atoms with Crippen LogP contribution in [0.4, 0.5) is 0 Å². The zero-order valence-corrected chi connectivity index (χ0v) is 22.7. The number of guanidine groups is 1. The molecule has 2 amide bonds. The molecule has 4 rings (SSSR count). The van der Waals surface area contributed by atoms with Crippen molar-refractivity contribution in [1.82, 2.24) is 20.4 Å². The zero-order valence-electron chi connectivity index (χ0n) is 21.1. The number of nitrogens with one attached hydrogen (secondary N) is 2. The molecule has 2 aromatic rings. The Morgan fingerprint density at radius 3 is 2.27 bits per heavy atom. The fourth-order valence-corrected chi connectivity index (χ4v) is 4.97. The first-order chi connectivity index (χ1) is 17.8. The molecule has 2 aliphatic rings. The second-order valence-electron chi connectivity index (χ2n) is 9.46. The topological polar surface area (TPSA) is 142 Å². The van der Waals surface area contributed by atoms with E-state index in [4.69, 9.17) is 34.7 Å². The van der Waals surface area contributed by atoms with Crippen molar-refractivity contribution in [2.45, 2.75) is 63.7 Å². The average Bonchev–Trinajstić information content (AvgIpc) is 3.19. The van der Waals surface area contributed by atoms with Gasteiger partial charge in [0.1, 0.15) is 6.54 Å². The lowest BCUT2D eigenvalue weighted by molar-refractivity contribution is -0.133. The summed E-state index contributed by atoms with van der Waals surface area (Å²) in [5, 5.41) is 10.9. The van der Waals surface area contributed by atoms with Gasteiger partial charge in [0.25, 0.3) is 0 Å². The highest BCUT2D eigenvalue weighted by Crippen LogP contribution is 2.35. The quantitative estimate of drug-likeness (QED) is 0.242. The normalized spacial score (nSPS) is 16.2. The van der Waals surface area contributed by atoms with Gasteiger partial charge in [0.05, 0.1) is 22.3 Å². The van der Waals surface area contributed by atoms with Crippen LogP contribution in [-0.4, -0.2) is 59.1 Å². The summed E-state index contributed by atoms with van der Waals surface area (Å²) in [7, 11) is 0. The maximum atomic E-state index is 12.3. The summed E-state index contributed by atoms with van der Waals surface area (Å²) in [6.07, 6.45) is 12.1. The number of hydrogen-bond acceptors (Lipinski definition) is 4. The molecule has 11 heteroatoms. The molecule has 2 fully saturated rings. The van der Waals surface area contributed by atoms with E-state index in [-0.39, 0.29) is 30.9 Å². The molecule has 1 aliphatic heterocycles. The number of aromatic nitrogens is 2. The lowest BCUT2D eigenvalue weighted by Gasteiger charge is -2.31. The summed E-state index contributed by atoms with van der Waals surface area (Å²) < 4.78 is 0. The van der Waals surface area contributed by atoms with Crippen LogP contribution in [0, 0.1) is 0 Å². The predicted octanol–water partition coefficient (Wildman–Crippen LogP) is 4.21. The molecule has 0 atom stereocenters. The molecule has 2 heterocycles. The van der Waals surface area contributed by atoms with Crippen LogP contribution in [0.25, 0.3) is 11.3 Å². The molecule has 1 aromatic heterocycles. The smallest absolute Gasteiger partial charge is 0.242 e. The number of benzene rings is 1. The number of piperidine rings is 1. The number of hydrogen-bond donors (Lipinski definition) is 4. The summed E-state index contributed by atoms with van der Waals surface area (Å²) in [6, 6.07) is 7.41. The number of amides is 2. The van der Waals surface area contributed by atoms with Crippen molar-refractivity contribution in [1.29, 1.82) is 0 Å². The minimum absolute atomic E-state index is 0.0784. The number of halogens is 2. The standard InChI is InChI=1S/C19H23Cl2N7O2.C7H14/c20-13-3-1-2-12(18(13)21)15-8-14(26-27-15)11-4-6-28(7-5-11)17(30)10-24-16(29)9-25-19(22)23;1-2-4-6-7-5-3-1/h1-3,8,11H,4-7,9-10H2,(H,24,29)(H,26,27)(H4,22,23,25);1-7H2. The van der Waals surface area contributed by atoms with Crippen molar-refractivity contribution >= 4 is 41.0 Å². The van der Waals surface area contributed by atoms with Crippen molar-refractivity contribution in [3.63, 3.8) is 0 Å². The number of carbonyl (C=O) groups excluding carboxylic acids is 2. The molecule has 0 bridgehead atoms. The van der Waals surface area contributed by atoms with Crippen LogP contribution in [0.3, 0.4) is 0 Å².